The van der Waals surface area contributed by atoms with Gasteiger partial charge in [0.25, 0.3) is 0 Å². The van der Waals surface area contributed by atoms with Gasteiger partial charge in [-0.15, -0.1) is 0 Å². The van der Waals surface area contributed by atoms with E-state index in [1.165, 1.54) is 6.07 Å². The predicted molar refractivity (Wildman–Crippen MR) is 63.7 cm³/mol. The fraction of sp³-hybridized carbons (Fsp3) is 0.308. The van der Waals surface area contributed by atoms with Gasteiger partial charge in [-0.25, -0.2) is 4.79 Å². The first-order valence-corrected chi connectivity index (χ1v) is 5.55. The lowest BCUT2D eigenvalue weighted by molar-refractivity contribution is -0.136. The van der Waals surface area contributed by atoms with E-state index in [2.05, 4.69) is 0 Å². The summed E-state index contributed by atoms with van der Waals surface area (Å²) >= 11 is 0. The largest absolute Gasteiger partial charge is 0.481 e. The van der Waals surface area contributed by atoms with E-state index < -0.39 is 11.9 Å². The van der Waals surface area contributed by atoms with Gasteiger partial charge in [-0.3, -0.25) is 9.59 Å². The van der Waals surface area contributed by atoms with E-state index >= 15 is 0 Å². The number of carbonyl (C=O) groups excluding carboxylic acids is 2. The minimum Gasteiger partial charge on any atom is -0.481 e. The maximum Gasteiger partial charge on any atom is 0.338 e. The molecule has 0 amide bonds. The monoisotopic (exact) mass is 250 g/mol. The minimum absolute atomic E-state index is 0.0510. The van der Waals surface area contributed by atoms with Crippen molar-refractivity contribution in [2.75, 3.05) is 6.61 Å². The van der Waals surface area contributed by atoms with Crippen molar-refractivity contribution in [2.24, 2.45) is 0 Å². The molecule has 0 fully saturated rings. The number of rotatable bonds is 6. The van der Waals surface area contributed by atoms with E-state index in [9.17, 15) is 14.4 Å². The van der Waals surface area contributed by atoms with Gasteiger partial charge in [-0.2, -0.15) is 0 Å². The molecule has 0 radical (unpaired) electrons. The molecule has 96 valence electrons. The SMILES string of the molecule is CCOC(=O)c1cc(C=O)cc(CCC(=O)O)c1. The molecule has 0 atom stereocenters. The third-order valence-corrected chi connectivity index (χ3v) is 2.29. The number of carboxylic acid groups (broad SMARTS) is 1. The summed E-state index contributed by atoms with van der Waals surface area (Å²) in [5.41, 5.74) is 1.23. The van der Waals surface area contributed by atoms with Crippen LogP contribution in [0.2, 0.25) is 0 Å². The van der Waals surface area contributed by atoms with Crippen LogP contribution in [0.5, 0.6) is 0 Å². The molecule has 0 aromatic heterocycles. The standard InChI is InChI=1S/C13H14O5/c1-2-18-13(17)11-6-9(3-4-12(15)16)5-10(7-11)8-14/h5-8H,2-4H2,1H3,(H,15,16). The summed E-state index contributed by atoms with van der Waals surface area (Å²) in [4.78, 5) is 32.8. The number of esters is 1. The van der Waals surface area contributed by atoms with Gasteiger partial charge in [-0.05, 0) is 37.1 Å². The van der Waals surface area contributed by atoms with Gasteiger partial charge < -0.3 is 9.84 Å². The molecule has 0 saturated carbocycles. The molecule has 0 unspecified atom stereocenters. The number of hydrogen-bond donors (Lipinski definition) is 1. The second-order valence-electron chi connectivity index (χ2n) is 3.70. The second kappa shape index (κ2) is 6.54. The van der Waals surface area contributed by atoms with E-state index in [-0.39, 0.29) is 25.0 Å². The van der Waals surface area contributed by atoms with E-state index in [0.717, 1.165) is 0 Å². The molecular formula is C13H14O5. The quantitative estimate of drug-likeness (QED) is 0.613. The maximum absolute atomic E-state index is 11.5. The average molecular weight is 250 g/mol. The first-order chi connectivity index (χ1) is 8.56. The van der Waals surface area contributed by atoms with Crippen LogP contribution in [0.25, 0.3) is 0 Å². The summed E-state index contributed by atoms with van der Waals surface area (Å²) < 4.78 is 4.84. The van der Waals surface area contributed by atoms with Crippen LogP contribution in [-0.2, 0) is 16.0 Å². The van der Waals surface area contributed by atoms with Crippen molar-refractivity contribution in [2.45, 2.75) is 19.8 Å². The molecule has 1 aromatic rings. The van der Waals surface area contributed by atoms with Gasteiger partial charge in [0.05, 0.1) is 12.2 Å². The lowest BCUT2D eigenvalue weighted by Crippen LogP contribution is -2.07. The van der Waals surface area contributed by atoms with Crippen LogP contribution in [-0.4, -0.2) is 29.9 Å². The molecule has 0 aliphatic heterocycles. The molecule has 18 heavy (non-hydrogen) atoms. The number of carboxylic acids is 1. The van der Waals surface area contributed by atoms with Crippen LogP contribution in [0.4, 0.5) is 0 Å². The van der Waals surface area contributed by atoms with Gasteiger partial charge in [0.15, 0.2) is 0 Å². The van der Waals surface area contributed by atoms with Crippen LogP contribution < -0.4 is 0 Å². The fourth-order valence-corrected chi connectivity index (χ4v) is 1.51. The Kier molecular flexibility index (Phi) is 5.05. The highest BCUT2D eigenvalue weighted by atomic mass is 16.5. The fourth-order valence-electron chi connectivity index (χ4n) is 1.51. The van der Waals surface area contributed by atoms with Crippen molar-refractivity contribution in [1.82, 2.24) is 0 Å². The Balaban J connectivity index is 2.97. The molecule has 0 heterocycles. The minimum atomic E-state index is -0.927. The predicted octanol–water partition coefficient (Wildman–Crippen LogP) is 1.69. The Morgan fingerprint density at radius 1 is 1.33 bits per heavy atom. The Hall–Kier alpha value is -2.17. The third-order valence-electron chi connectivity index (χ3n) is 2.29. The number of carbonyl (C=O) groups is 3. The van der Waals surface area contributed by atoms with Crippen molar-refractivity contribution in [1.29, 1.82) is 0 Å². The second-order valence-corrected chi connectivity index (χ2v) is 3.70. The summed E-state index contributed by atoms with van der Waals surface area (Å²) in [6.07, 6.45) is 0.834. The molecule has 5 heteroatoms. The smallest absolute Gasteiger partial charge is 0.338 e. The van der Waals surface area contributed by atoms with Crippen LogP contribution in [0.15, 0.2) is 18.2 Å². The number of hydrogen-bond acceptors (Lipinski definition) is 4. The van der Waals surface area contributed by atoms with Crippen LogP contribution in [0, 0.1) is 0 Å². The normalized spacial score (nSPS) is 9.83. The molecule has 1 rings (SSSR count). The summed E-state index contributed by atoms with van der Waals surface area (Å²) in [7, 11) is 0. The maximum atomic E-state index is 11.5. The highest BCUT2D eigenvalue weighted by Gasteiger charge is 2.10. The van der Waals surface area contributed by atoms with Crippen molar-refractivity contribution in [3.8, 4) is 0 Å². The Morgan fingerprint density at radius 3 is 2.61 bits per heavy atom. The van der Waals surface area contributed by atoms with Crippen molar-refractivity contribution < 1.29 is 24.2 Å². The molecule has 0 aliphatic carbocycles. The Labute approximate surface area is 104 Å². The third kappa shape index (κ3) is 4.01. The van der Waals surface area contributed by atoms with Gasteiger partial charge in [0, 0.05) is 12.0 Å². The lowest BCUT2D eigenvalue weighted by Gasteiger charge is -2.06. The van der Waals surface area contributed by atoms with Crippen molar-refractivity contribution in [3.63, 3.8) is 0 Å². The Bertz CT molecular complexity index is 464. The van der Waals surface area contributed by atoms with Crippen LogP contribution in [0.1, 0.15) is 39.6 Å². The zero-order valence-electron chi connectivity index (χ0n) is 10.0. The first kappa shape index (κ1) is 13.9. The van der Waals surface area contributed by atoms with Gasteiger partial charge in [0.2, 0.25) is 0 Å². The van der Waals surface area contributed by atoms with Crippen LogP contribution >= 0.6 is 0 Å². The summed E-state index contributed by atoms with van der Waals surface area (Å²) in [6.45, 7) is 1.93. The number of ether oxygens (including phenoxy) is 1. The van der Waals surface area contributed by atoms with Crippen molar-refractivity contribution >= 4 is 18.2 Å². The summed E-state index contributed by atoms with van der Waals surface area (Å²) in [5.74, 6) is -1.44. The summed E-state index contributed by atoms with van der Waals surface area (Å²) in [6, 6.07) is 4.54. The molecule has 0 aliphatic rings. The zero-order chi connectivity index (χ0) is 13.5. The topological polar surface area (TPSA) is 80.7 Å². The highest BCUT2D eigenvalue weighted by Crippen LogP contribution is 2.12. The lowest BCUT2D eigenvalue weighted by atomic mass is 10.0. The number of aliphatic carboxylic acids is 1. The zero-order valence-corrected chi connectivity index (χ0v) is 10.0. The summed E-state index contributed by atoms with van der Waals surface area (Å²) in [5, 5.41) is 8.60. The first-order valence-electron chi connectivity index (χ1n) is 5.55. The molecule has 1 aromatic carbocycles. The molecule has 0 spiro atoms. The van der Waals surface area contributed by atoms with Gasteiger partial charge in [0.1, 0.15) is 6.29 Å². The van der Waals surface area contributed by atoms with E-state index in [1.807, 2.05) is 0 Å². The number of aldehydes is 1. The Morgan fingerprint density at radius 2 is 2.06 bits per heavy atom. The van der Waals surface area contributed by atoms with Gasteiger partial charge >= 0.3 is 11.9 Å². The average Bonchev–Trinajstić information content (AvgIpc) is 2.36. The number of aryl methyl sites for hydroxylation is 1. The highest BCUT2D eigenvalue weighted by molar-refractivity contribution is 5.92. The van der Waals surface area contributed by atoms with Crippen LogP contribution in [0.3, 0.4) is 0 Å². The molecule has 1 N–H and O–H groups in total. The van der Waals surface area contributed by atoms with E-state index in [0.29, 0.717) is 17.4 Å². The van der Waals surface area contributed by atoms with E-state index in [1.54, 1.807) is 19.1 Å². The molecule has 5 nitrogen and oxygen atoms in total. The molecule has 0 bridgehead atoms. The van der Waals surface area contributed by atoms with Crippen molar-refractivity contribution in [3.05, 3.63) is 34.9 Å². The number of benzene rings is 1. The van der Waals surface area contributed by atoms with Gasteiger partial charge in [-0.1, -0.05) is 0 Å². The molecule has 0 saturated heterocycles. The van der Waals surface area contributed by atoms with E-state index in [4.69, 9.17) is 9.84 Å². The molecular weight excluding hydrogens is 236 g/mol.